The number of hydrogen-bond acceptors (Lipinski definition) is 25. The van der Waals surface area contributed by atoms with Crippen molar-refractivity contribution in [3.05, 3.63) is 58.1 Å². The van der Waals surface area contributed by atoms with Crippen molar-refractivity contribution in [1.82, 2.24) is 38.6 Å². The first-order valence-electron chi connectivity index (χ1n) is 17.8. The van der Waals surface area contributed by atoms with Crippen LogP contribution in [0.25, 0.3) is 11.2 Å². The molecule has 2 unspecified atom stereocenters. The molecule has 0 bridgehead atoms. The molecule has 63 heavy (non-hydrogen) atoms. The van der Waals surface area contributed by atoms with E-state index in [9.17, 15) is 63.3 Å². The van der Waals surface area contributed by atoms with Gasteiger partial charge in [0, 0.05) is 12.4 Å². The minimum absolute atomic E-state index is 0.00433. The zero-order valence-electron chi connectivity index (χ0n) is 31.5. The van der Waals surface area contributed by atoms with Crippen LogP contribution < -0.4 is 28.6 Å². The SMILES string of the molecule is Nc1ccn([C@@H]2O[C@H](COP(=O)(O)O[C@H]3[C@@H](O)[C@H](n4ccc(N)nc4=O)O[C@@H]3COP(=O)(O)O[C@H]3[C@@H](O)[C@H](n4cnc5c(N)ncnc54)O[C@@H]3COP(=O)(O)O)[C@@H](O)[C@H]2O)c(=O)n1. The van der Waals surface area contributed by atoms with Gasteiger partial charge >= 0.3 is 34.8 Å². The van der Waals surface area contributed by atoms with Gasteiger partial charge in [0.15, 0.2) is 30.1 Å². The number of phosphoric acid groups is 3. The first kappa shape index (κ1) is 46.7. The summed E-state index contributed by atoms with van der Waals surface area (Å²) >= 11 is 0. The number of phosphoric ester groups is 3. The summed E-state index contributed by atoms with van der Waals surface area (Å²) in [6.07, 6.45) is -17.5. The molecule has 32 nitrogen and oxygen atoms in total. The number of anilines is 3. The Morgan fingerprint density at radius 3 is 1.59 bits per heavy atom. The molecule has 0 saturated carbocycles. The summed E-state index contributed by atoms with van der Waals surface area (Å²) in [5.41, 5.74) is 14.9. The lowest BCUT2D eigenvalue weighted by Crippen LogP contribution is -2.38. The number of nitrogens with two attached hydrogens (primary N) is 3. The van der Waals surface area contributed by atoms with E-state index in [1.165, 1.54) is 6.07 Å². The van der Waals surface area contributed by atoms with Crippen LogP contribution >= 0.6 is 23.5 Å². The third-order valence-electron chi connectivity index (χ3n) is 9.59. The molecule has 35 heteroatoms. The van der Waals surface area contributed by atoms with Gasteiger partial charge in [0.2, 0.25) is 0 Å². The van der Waals surface area contributed by atoms with Crippen LogP contribution in [0.4, 0.5) is 17.5 Å². The molecular formula is C28H38N11O21P3. The molecule has 7 heterocycles. The summed E-state index contributed by atoms with van der Waals surface area (Å²) in [7, 11) is -16.2. The van der Waals surface area contributed by atoms with Crippen molar-refractivity contribution in [2.45, 2.75) is 73.6 Å². The van der Waals surface area contributed by atoms with Gasteiger partial charge in [-0.1, -0.05) is 0 Å². The Labute approximate surface area is 349 Å². The molecule has 3 aliphatic rings. The second-order valence-electron chi connectivity index (χ2n) is 13.8. The molecule has 0 spiro atoms. The number of aliphatic hydroxyl groups is 4. The third-order valence-corrected chi connectivity index (χ3v) is 12.0. The normalized spacial score (nSPS) is 31.9. The van der Waals surface area contributed by atoms with E-state index < -0.39 is 128 Å². The van der Waals surface area contributed by atoms with Crippen LogP contribution in [0.3, 0.4) is 0 Å². The molecule has 346 valence electrons. The van der Waals surface area contributed by atoms with Crippen LogP contribution in [0.2, 0.25) is 0 Å². The third kappa shape index (κ3) is 10.2. The summed E-state index contributed by atoms with van der Waals surface area (Å²) in [5, 5.41) is 43.7. The van der Waals surface area contributed by atoms with Crippen molar-refractivity contribution in [3.63, 3.8) is 0 Å². The Kier molecular flexibility index (Phi) is 13.3. The molecule has 3 aliphatic heterocycles. The van der Waals surface area contributed by atoms with E-state index in [0.717, 1.165) is 40.2 Å². The maximum atomic E-state index is 13.5. The second-order valence-corrected chi connectivity index (χ2v) is 17.8. The molecule has 3 fully saturated rings. The molecule has 7 rings (SSSR count). The summed E-state index contributed by atoms with van der Waals surface area (Å²) < 4.78 is 82.9. The zero-order chi connectivity index (χ0) is 45.8. The Balaban J connectivity index is 1.07. The van der Waals surface area contributed by atoms with Gasteiger partial charge in [-0.3, -0.25) is 36.3 Å². The van der Waals surface area contributed by atoms with Crippen LogP contribution in [-0.4, -0.2) is 153 Å². The molecule has 14 atom stereocenters. The van der Waals surface area contributed by atoms with E-state index in [0.29, 0.717) is 4.57 Å². The van der Waals surface area contributed by atoms with E-state index in [1.807, 2.05) is 0 Å². The lowest BCUT2D eigenvalue weighted by Gasteiger charge is -2.26. The van der Waals surface area contributed by atoms with Gasteiger partial charge in [0.1, 0.15) is 78.4 Å². The van der Waals surface area contributed by atoms with Gasteiger partial charge in [-0.2, -0.15) is 9.97 Å². The molecule has 14 N–H and O–H groups in total. The number of nitrogens with zero attached hydrogens (tertiary/aromatic N) is 8. The van der Waals surface area contributed by atoms with Crippen molar-refractivity contribution in [2.75, 3.05) is 37.0 Å². The number of ether oxygens (including phenoxy) is 3. The van der Waals surface area contributed by atoms with Crippen LogP contribution in [0.1, 0.15) is 18.7 Å². The van der Waals surface area contributed by atoms with Crippen molar-refractivity contribution >= 4 is 52.1 Å². The first-order chi connectivity index (χ1) is 29.5. The van der Waals surface area contributed by atoms with Gasteiger partial charge in [-0.25, -0.2) is 38.2 Å². The highest BCUT2D eigenvalue weighted by Gasteiger charge is 2.53. The van der Waals surface area contributed by atoms with Crippen molar-refractivity contribution in [3.8, 4) is 0 Å². The predicted octanol–water partition coefficient (Wildman–Crippen LogP) is -4.66. The average Bonchev–Trinajstić information content (AvgIpc) is 3.92. The van der Waals surface area contributed by atoms with Crippen molar-refractivity contribution < 1.29 is 90.5 Å². The highest BCUT2D eigenvalue weighted by Crippen LogP contribution is 2.52. The van der Waals surface area contributed by atoms with Gasteiger partial charge in [-0.15, -0.1) is 0 Å². The average molecular weight is 958 g/mol. The number of imidazole rings is 1. The fraction of sp³-hybridized carbons (Fsp3) is 0.536. The van der Waals surface area contributed by atoms with Gasteiger partial charge in [-0.05, 0) is 12.1 Å². The molecular weight excluding hydrogens is 919 g/mol. The molecule has 0 amide bonds. The van der Waals surface area contributed by atoms with Crippen molar-refractivity contribution in [1.29, 1.82) is 0 Å². The Morgan fingerprint density at radius 2 is 1.08 bits per heavy atom. The summed E-state index contributed by atoms with van der Waals surface area (Å²) in [5.74, 6) is -0.467. The first-order valence-corrected chi connectivity index (χ1v) is 22.4. The van der Waals surface area contributed by atoms with E-state index >= 15 is 0 Å². The van der Waals surface area contributed by atoms with E-state index in [1.54, 1.807) is 0 Å². The number of nitrogen functional groups attached to an aromatic ring is 3. The van der Waals surface area contributed by atoms with Crippen molar-refractivity contribution in [2.24, 2.45) is 0 Å². The predicted molar refractivity (Wildman–Crippen MR) is 201 cm³/mol. The van der Waals surface area contributed by atoms with Gasteiger partial charge in [0.25, 0.3) is 0 Å². The fourth-order valence-corrected chi connectivity index (χ4v) is 8.96. The minimum atomic E-state index is -5.52. The fourth-order valence-electron chi connectivity index (χ4n) is 6.69. The number of rotatable bonds is 16. The number of fused-ring (bicyclic) bond motifs is 1. The highest BCUT2D eigenvalue weighted by atomic mass is 31.2. The molecule has 0 aliphatic carbocycles. The standard InChI is InChI=1S/C28H38N11O21P3/c29-13-1-3-37(27(44)35-13)24-17(41)16(40)10(56-24)5-54-62(49,50)60-21-12(57-25(18(21)42)38-4-2-14(30)36-28(38)45)7-55-63(51,52)59-20-11(6-53-61(46,47)48)58-26(19(20)43)39-9-34-15-22(31)32-8-33-23(15)39/h1-4,8-12,16-21,24-26,40-43H,5-7H2,(H,49,50)(H,51,52)(H2,29,35,44)(H2,30,36,45)(H2,31,32,33)(H2,46,47,48)/t10-,11-,12-,16-,17-,18-,19-,20-,21-,24-,25-,26-/m1/s1. The Hall–Kier alpha value is -4.24. The maximum Gasteiger partial charge on any atom is 0.472 e. The van der Waals surface area contributed by atoms with E-state index in [4.69, 9.17) is 49.5 Å². The monoisotopic (exact) mass is 957 g/mol. The molecule has 0 aromatic carbocycles. The number of aliphatic hydroxyl groups excluding tert-OH is 4. The van der Waals surface area contributed by atoms with Gasteiger partial charge in [0.05, 0.1) is 26.1 Å². The van der Waals surface area contributed by atoms with Gasteiger partial charge < -0.3 is 71.4 Å². The summed E-state index contributed by atoms with van der Waals surface area (Å²) in [6.45, 7) is -3.20. The largest absolute Gasteiger partial charge is 0.472 e. The summed E-state index contributed by atoms with van der Waals surface area (Å²) in [4.78, 5) is 84.2. The lowest BCUT2D eigenvalue weighted by atomic mass is 10.1. The number of aromatic nitrogens is 8. The van der Waals surface area contributed by atoms with Crippen LogP contribution in [0.5, 0.6) is 0 Å². The van der Waals surface area contributed by atoms with E-state index in [2.05, 4.69) is 29.4 Å². The molecule has 3 saturated heterocycles. The quantitative estimate of drug-likeness (QED) is 0.0470. The molecule has 0 radical (unpaired) electrons. The smallest absolute Gasteiger partial charge is 0.387 e. The van der Waals surface area contributed by atoms with E-state index in [-0.39, 0.29) is 28.6 Å². The summed E-state index contributed by atoms with van der Waals surface area (Å²) in [6, 6.07) is 2.32. The topological polar surface area (TPSA) is 478 Å². The minimum Gasteiger partial charge on any atom is -0.387 e. The zero-order valence-corrected chi connectivity index (χ0v) is 34.2. The van der Waals surface area contributed by atoms with Crippen LogP contribution in [-0.2, 0) is 50.5 Å². The number of hydrogen-bond donors (Lipinski definition) is 11. The Morgan fingerprint density at radius 1 is 0.619 bits per heavy atom. The molecule has 4 aromatic rings. The maximum absolute atomic E-state index is 13.5. The van der Waals surface area contributed by atoms with Crippen LogP contribution in [0, 0.1) is 0 Å². The second kappa shape index (κ2) is 18.0. The van der Waals surface area contributed by atoms with Crippen LogP contribution in [0.15, 0.2) is 46.8 Å². The lowest BCUT2D eigenvalue weighted by molar-refractivity contribution is -0.0640. The Bertz CT molecular complexity index is 2580. The molecule has 4 aromatic heterocycles. The highest BCUT2D eigenvalue weighted by molar-refractivity contribution is 7.47.